The van der Waals surface area contributed by atoms with Crippen LogP contribution in [-0.2, 0) is 4.79 Å². The van der Waals surface area contributed by atoms with Crippen LogP contribution in [-0.4, -0.2) is 25.1 Å². The van der Waals surface area contributed by atoms with Gasteiger partial charge >= 0.3 is 0 Å². The molecular weight excluding hydrogens is 409 g/mol. The van der Waals surface area contributed by atoms with Gasteiger partial charge in [0.05, 0.1) is 16.6 Å². The number of nitrogens with zero attached hydrogens (tertiary/aromatic N) is 4. The van der Waals surface area contributed by atoms with E-state index in [9.17, 15) is 14.0 Å². The van der Waals surface area contributed by atoms with Crippen molar-refractivity contribution >= 4 is 28.1 Å². The maximum Gasteiger partial charge on any atom is 0.266 e. The summed E-state index contributed by atoms with van der Waals surface area (Å²) in [7, 11) is 0. The molecule has 1 N–H and O–H groups in total. The molecule has 0 spiro atoms. The number of anilines is 1. The highest BCUT2D eigenvalue weighted by Crippen LogP contribution is 2.28. The number of hydrogen-bond donors (Lipinski definition) is 1. The van der Waals surface area contributed by atoms with Crippen LogP contribution in [0.5, 0.6) is 0 Å². The first-order valence-electron chi connectivity index (χ1n) is 9.96. The Kier molecular flexibility index (Phi) is 4.55. The summed E-state index contributed by atoms with van der Waals surface area (Å²) in [6.45, 7) is 3.30. The highest BCUT2D eigenvalue weighted by atomic mass is 19.1. The molecule has 158 valence electrons. The standard InChI is InChI=1S/C24H18FN5O2/c1-14-22(16-3-5-17(25)6-4-16)23-26-13-20-21(30(23)28-14)11-12-29(24(20)32)19-9-7-18(8-10-19)27-15(2)31/h3-13H,1-2H3,(H,27,31). The Labute approximate surface area is 181 Å². The van der Waals surface area contributed by atoms with Crippen LogP contribution >= 0.6 is 0 Å². The maximum atomic E-state index is 13.4. The number of amides is 1. The van der Waals surface area contributed by atoms with Gasteiger partial charge in [0.2, 0.25) is 5.91 Å². The Morgan fingerprint density at radius 1 is 1.03 bits per heavy atom. The van der Waals surface area contributed by atoms with Gasteiger partial charge in [0.1, 0.15) is 5.82 Å². The van der Waals surface area contributed by atoms with E-state index in [1.54, 1.807) is 53.3 Å². The summed E-state index contributed by atoms with van der Waals surface area (Å²) in [5, 5.41) is 7.71. The zero-order valence-electron chi connectivity index (χ0n) is 17.3. The summed E-state index contributed by atoms with van der Waals surface area (Å²) in [6.07, 6.45) is 3.23. The molecule has 0 saturated heterocycles. The summed E-state index contributed by atoms with van der Waals surface area (Å²) >= 11 is 0. The van der Waals surface area contributed by atoms with Gasteiger partial charge < -0.3 is 5.32 Å². The van der Waals surface area contributed by atoms with Gasteiger partial charge in [-0.2, -0.15) is 5.10 Å². The van der Waals surface area contributed by atoms with Gasteiger partial charge in [-0.3, -0.25) is 14.2 Å². The molecule has 3 heterocycles. The summed E-state index contributed by atoms with van der Waals surface area (Å²) in [5.41, 5.74) is 4.63. The van der Waals surface area contributed by atoms with E-state index in [1.165, 1.54) is 23.6 Å². The van der Waals surface area contributed by atoms with Crippen LogP contribution in [0.2, 0.25) is 0 Å². The lowest BCUT2D eigenvalue weighted by Gasteiger charge is -2.09. The van der Waals surface area contributed by atoms with Crippen LogP contribution in [0.4, 0.5) is 10.1 Å². The van der Waals surface area contributed by atoms with E-state index < -0.39 is 0 Å². The van der Waals surface area contributed by atoms with E-state index >= 15 is 0 Å². The van der Waals surface area contributed by atoms with Gasteiger partial charge in [0, 0.05) is 36.3 Å². The molecule has 0 aliphatic heterocycles. The summed E-state index contributed by atoms with van der Waals surface area (Å²) in [6, 6.07) is 15.0. The first kappa shape index (κ1) is 19.6. The molecule has 1 amide bonds. The molecule has 5 rings (SSSR count). The normalized spacial score (nSPS) is 11.2. The average molecular weight is 427 g/mol. The lowest BCUT2D eigenvalue weighted by Crippen LogP contribution is -2.19. The molecule has 2 aromatic carbocycles. The zero-order valence-corrected chi connectivity index (χ0v) is 17.3. The number of pyridine rings is 1. The number of hydrogen-bond acceptors (Lipinski definition) is 4. The summed E-state index contributed by atoms with van der Waals surface area (Å²) in [5.74, 6) is -0.475. The van der Waals surface area contributed by atoms with Crippen molar-refractivity contribution in [1.29, 1.82) is 0 Å². The lowest BCUT2D eigenvalue weighted by molar-refractivity contribution is -0.114. The SMILES string of the molecule is CC(=O)Nc1ccc(-n2ccc3c(cnc4c(-c5ccc(F)cc5)c(C)nn43)c2=O)cc1. The minimum Gasteiger partial charge on any atom is -0.326 e. The highest BCUT2D eigenvalue weighted by molar-refractivity contribution is 5.89. The highest BCUT2D eigenvalue weighted by Gasteiger charge is 2.16. The third-order valence-electron chi connectivity index (χ3n) is 5.29. The fraction of sp³-hybridized carbons (Fsp3) is 0.0833. The minimum atomic E-state index is -0.313. The molecule has 0 aliphatic carbocycles. The predicted molar refractivity (Wildman–Crippen MR) is 121 cm³/mol. The number of carbonyl (C=O) groups excluding carboxylic acids is 1. The molecule has 0 aliphatic rings. The molecule has 5 aromatic rings. The molecule has 0 unspecified atom stereocenters. The van der Waals surface area contributed by atoms with Crippen LogP contribution in [0.3, 0.4) is 0 Å². The molecule has 0 atom stereocenters. The molecular formula is C24H18FN5O2. The number of carbonyl (C=O) groups is 1. The third-order valence-corrected chi connectivity index (χ3v) is 5.29. The molecule has 8 heteroatoms. The van der Waals surface area contributed by atoms with Crippen molar-refractivity contribution in [2.75, 3.05) is 5.32 Å². The molecule has 0 fully saturated rings. The zero-order chi connectivity index (χ0) is 22.4. The fourth-order valence-electron chi connectivity index (χ4n) is 3.84. The van der Waals surface area contributed by atoms with E-state index in [0.717, 1.165) is 16.8 Å². The number of halogens is 1. The van der Waals surface area contributed by atoms with Crippen molar-refractivity contribution in [3.05, 3.63) is 88.9 Å². The van der Waals surface area contributed by atoms with E-state index in [2.05, 4.69) is 15.4 Å². The Morgan fingerprint density at radius 3 is 2.44 bits per heavy atom. The summed E-state index contributed by atoms with van der Waals surface area (Å²) in [4.78, 5) is 28.9. The van der Waals surface area contributed by atoms with Crippen molar-refractivity contribution in [3.63, 3.8) is 0 Å². The molecule has 32 heavy (non-hydrogen) atoms. The first-order valence-corrected chi connectivity index (χ1v) is 9.96. The van der Waals surface area contributed by atoms with E-state index in [0.29, 0.717) is 27.9 Å². The molecule has 7 nitrogen and oxygen atoms in total. The van der Waals surface area contributed by atoms with Gasteiger partial charge in [-0.25, -0.2) is 13.9 Å². The van der Waals surface area contributed by atoms with Crippen molar-refractivity contribution in [3.8, 4) is 16.8 Å². The van der Waals surface area contributed by atoms with Crippen LogP contribution in [0.25, 0.3) is 33.4 Å². The van der Waals surface area contributed by atoms with Gasteiger partial charge in [0.15, 0.2) is 5.65 Å². The molecule has 0 saturated carbocycles. The Bertz CT molecular complexity index is 1550. The Balaban J connectivity index is 1.64. The number of aryl methyl sites for hydroxylation is 1. The smallest absolute Gasteiger partial charge is 0.266 e. The van der Waals surface area contributed by atoms with Gasteiger partial charge in [0.25, 0.3) is 5.56 Å². The van der Waals surface area contributed by atoms with Gasteiger partial charge in [-0.15, -0.1) is 0 Å². The van der Waals surface area contributed by atoms with E-state index in [-0.39, 0.29) is 17.3 Å². The number of nitrogens with one attached hydrogen (secondary N) is 1. The quantitative estimate of drug-likeness (QED) is 0.470. The first-order chi connectivity index (χ1) is 15.4. The van der Waals surface area contributed by atoms with Crippen LogP contribution in [0.15, 0.2) is 71.8 Å². The van der Waals surface area contributed by atoms with Crippen molar-refractivity contribution in [2.24, 2.45) is 0 Å². The van der Waals surface area contributed by atoms with Crippen molar-refractivity contribution < 1.29 is 9.18 Å². The average Bonchev–Trinajstić information content (AvgIpc) is 3.11. The van der Waals surface area contributed by atoms with Crippen molar-refractivity contribution in [2.45, 2.75) is 13.8 Å². The van der Waals surface area contributed by atoms with Crippen LogP contribution in [0.1, 0.15) is 12.6 Å². The van der Waals surface area contributed by atoms with Gasteiger partial charge in [-0.1, -0.05) is 12.1 Å². The second-order valence-electron chi connectivity index (χ2n) is 7.48. The number of rotatable bonds is 3. The second kappa shape index (κ2) is 7.42. The Hall–Kier alpha value is -4.33. The van der Waals surface area contributed by atoms with E-state index in [4.69, 9.17) is 0 Å². The second-order valence-corrected chi connectivity index (χ2v) is 7.48. The third kappa shape index (κ3) is 3.22. The number of aromatic nitrogens is 4. The largest absolute Gasteiger partial charge is 0.326 e. The lowest BCUT2D eigenvalue weighted by atomic mass is 10.1. The summed E-state index contributed by atoms with van der Waals surface area (Å²) < 4.78 is 16.5. The van der Waals surface area contributed by atoms with E-state index in [1.807, 2.05) is 13.0 Å². The van der Waals surface area contributed by atoms with Gasteiger partial charge in [-0.05, 0) is 55.0 Å². The topological polar surface area (TPSA) is 81.3 Å². The van der Waals surface area contributed by atoms with Crippen LogP contribution < -0.4 is 10.9 Å². The molecule has 3 aromatic heterocycles. The number of fused-ring (bicyclic) bond motifs is 3. The maximum absolute atomic E-state index is 13.4. The van der Waals surface area contributed by atoms with Crippen molar-refractivity contribution in [1.82, 2.24) is 19.2 Å². The molecule has 0 radical (unpaired) electrons. The predicted octanol–water partition coefficient (Wildman–Crippen LogP) is 4.11. The van der Waals surface area contributed by atoms with Crippen LogP contribution in [0, 0.1) is 12.7 Å². The minimum absolute atomic E-state index is 0.162. The monoisotopic (exact) mass is 427 g/mol. The Morgan fingerprint density at radius 2 is 1.75 bits per heavy atom. The molecule has 0 bridgehead atoms. The fourth-order valence-corrected chi connectivity index (χ4v) is 3.84. The number of benzene rings is 2.